The van der Waals surface area contributed by atoms with Crippen molar-refractivity contribution >= 4 is 20.0 Å². The monoisotopic (exact) mass is 637 g/mol. The van der Waals surface area contributed by atoms with Crippen LogP contribution in [0, 0.1) is 35.4 Å². The summed E-state index contributed by atoms with van der Waals surface area (Å²) in [5.74, 6) is -2.88. The summed E-state index contributed by atoms with van der Waals surface area (Å²) in [6.45, 7) is 3.56. The molecule has 0 bridgehead atoms. The Kier molecular flexibility index (Phi) is 19.0. The van der Waals surface area contributed by atoms with Crippen molar-refractivity contribution in [3.05, 3.63) is 101 Å². The Balaban J connectivity index is 0.000000632. The molecule has 1 radical (unpaired) electrons. The van der Waals surface area contributed by atoms with Crippen LogP contribution in [0.3, 0.4) is 0 Å². The molecule has 40 heavy (non-hydrogen) atoms. The fraction of sp³-hybridized carbons (Fsp3) is 0.370. The van der Waals surface area contributed by atoms with E-state index in [1.54, 1.807) is 0 Å². The van der Waals surface area contributed by atoms with Gasteiger partial charge in [0.1, 0.15) is 0 Å². The van der Waals surface area contributed by atoms with Gasteiger partial charge in [-0.25, -0.2) is 56.0 Å². The Bertz CT molecular complexity index is 1220. The normalized spacial score (nSPS) is 10.9. The fourth-order valence-corrected chi connectivity index (χ4v) is 4.19. The number of rotatable bonds is 12. The van der Waals surface area contributed by atoms with Crippen molar-refractivity contribution in [2.45, 2.75) is 39.5 Å². The SMILES string of the molecule is CCS(=O)(=O)NCCCc1ccc(F)[c-]c1F.CCS(=O)(=O)NCCCc1ccc(F)[c-]c1F.[Ti+3].c1cc[cH-]c1. The minimum absolute atomic E-state index is 0. The first-order chi connectivity index (χ1) is 18.4. The fourth-order valence-electron chi connectivity index (χ4n) is 2.87. The predicted octanol–water partition coefficient (Wildman–Crippen LogP) is 4.68. The van der Waals surface area contributed by atoms with E-state index in [4.69, 9.17) is 0 Å². The first-order valence-electron chi connectivity index (χ1n) is 12.2. The molecule has 0 atom stereocenters. The number of halogens is 4. The molecule has 3 rings (SSSR count). The molecule has 0 fully saturated rings. The van der Waals surface area contributed by atoms with E-state index in [-0.39, 0.29) is 46.3 Å². The second kappa shape index (κ2) is 20.0. The van der Waals surface area contributed by atoms with E-state index < -0.39 is 43.3 Å². The summed E-state index contributed by atoms with van der Waals surface area (Å²) in [6, 6.07) is 18.8. The third-order valence-electron chi connectivity index (χ3n) is 5.09. The van der Waals surface area contributed by atoms with Crippen LogP contribution in [0.5, 0.6) is 0 Å². The molecular formula is C27H33F4N2O4S2Ti. The molecule has 0 spiro atoms. The summed E-state index contributed by atoms with van der Waals surface area (Å²) in [4.78, 5) is 0. The Morgan fingerprint density at radius 2 is 1.07 bits per heavy atom. The third-order valence-corrected chi connectivity index (χ3v) is 7.90. The predicted molar refractivity (Wildman–Crippen MR) is 144 cm³/mol. The van der Waals surface area contributed by atoms with Crippen molar-refractivity contribution in [1.82, 2.24) is 9.44 Å². The molecule has 0 saturated carbocycles. The Labute approximate surface area is 249 Å². The van der Waals surface area contributed by atoms with E-state index >= 15 is 0 Å². The van der Waals surface area contributed by atoms with Crippen LogP contribution in [0.4, 0.5) is 17.6 Å². The molecule has 0 heterocycles. The molecular weight excluding hydrogens is 604 g/mol. The van der Waals surface area contributed by atoms with Gasteiger partial charge in [-0.1, -0.05) is 12.8 Å². The van der Waals surface area contributed by atoms with Crippen LogP contribution in [0.25, 0.3) is 0 Å². The van der Waals surface area contributed by atoms with Gasteiger partial charge < -0.3 is 0 Å². The molecule has 0 aliphatic heterocycles. The largest absolute Gasteiger partial charge is 3.00 e. The van der Waals surface area contributed by atoms with Crippen molar-refractivity contribution in [2.75, 3.05) is 24.6 Å². The minimum atomic E-state index is -3.20. The van der Waals surface area contributed by atoms with E-state index in [1.807, 2.05) is 42.5 Å². The van der Waals surface area contributed by atoms with Crippen LogP contribution in [-0.2, 0) is 54.6 Å². The second-order valence-corrected chi connectivity index (χ2v) is 12.2. The van der Waals surface area contributed by atoms with Gasteiger partial charge in [0, 0.05) is 36.4 Å². The van der Waals surface area contributed by atoms with Crippen LogP contribution >= 0.6 is 0 Å². The first-order valence-corrected chi connectivity index (χ1v) is 15.5. The van der Waals surface area contributed by atoms with E-state index in [2.05, 4.69) is 9.44 Å². The number of sulfonamides is 2. The molecule has 0 saturated heterocycles. The van der Waals surface area contributed by atoms with E-state index in [9.17, 15) is 34.4 Å². The van der Waals surface area contributed by atoms with Crippen molar-refractivity contribution in [3.8, 4) is 0 Å². The molecule has 0 unspecified atom stereocenters. The quantitative estimate of drug-likeness (QED) is 0.131. The van der Waals surface area contributed by atoms with Crippen LogP contribution in [-0.4, -0.2) is 41.4 Å². The van der Waals surface area contributed by atoms with Gasteiger partial charge in [-0.3, -0.25) is 0 Å². The molecule has 6 nitrogen and oxygen atoms in total. The van der Waals surface area contributed by atoms with E-state index in [0.717, 1.165) is 12.1 Å². The van der Waals surface area contributed by atoms with Gasteiger partial charge in [-0.05, 0) is 26.7 Å². The van der Waals surface area contributed by atoms with Crippen molar-refractivity contribution in [1.29, 1.82) is 0 Å². The Morgan fingerprint density at radius 3 is 1.35 bits per heavy atom. The molecule has 3 aromatic rings. The number of hydrogen-bond acceptors (Lipinski definition) is 4. The first kappa shape index (κ1) is 38.0. The summed E-state index contributed by atoms with van der Waals surface area (Å²) < 4.78 is 100. The van der Waals surface area contributed by atoms with Gasteiger partial charge in [0.25, 0.3) is 0 Å². The molecule has 3 aromatic carbocycles. The zero-order valence-corrected chi connectivity index (χ0v) is 25.5. The molecule has 13 heteroatoms. The van der Waals surface area contributed by atoms with Gasteiger partial charge in [0.05, 0.1) is 11.5 Å². The second-order valence-electron chi connectivity index (χ2n) is 8.06. The molecule has 0 aliphatic carbocycles. The Hall–Kier alpha value is -1.96. The molecule has 0 amide bonds. The van der Waals surface area contributed by atoms with Crippen LogP contribution in [0.15, 0.2) is 54.6 Å². The zero-order chi connectivity index (χ0) is 29.3. The van der Waals surface area contributed by atoms with Gasteiger partial charge in [-0.2, -0.15) is 30.3 Å². The topological polar surface area (TPSA) is 92.3 Å². The summed E-state index contributed by atoms with van der Waals surface area (Å²) in [6.07, 6.45) is 1.59. The van der Waals surface area contributed by atoms with Gasteiger partial charge in [-0.15, -0.1) is 35.4 Å². The molecule has 0 aromatic heterocycles. The molecule has 2 N–H and O–H groups in total. The summed E-state index contributed by atoms with van der Waals surface area (Å²) in [5.41, 5.74) is 0.671. The number of aryl methyl sites for hydroxylation is 2. The maximum atomic E-state index is 13.1. The van der Waals surface area contributed by atoms with E-state index in [0.29, 0.717) is 36.8 Å². The smallest absolute Gasteiger partial charge is 0.236 e. The summed E-state index contributed by atoms with van der Waals surface area (Å²) in [7, 11) is -6.40. The average Bonchev–Trinajstić information content (AvgIpc) is 3.47. The third kappa shape index (κ3) is 17.0. The van der Waals surface area contributed by atoms with Crippen molar-refractivity contribution in [3.63, 3.8) is 0 Å². The minimum Gasteiger partial charge on any atom is -0.236 e. The number of nitrogens with one attached hydrogen (secondary N) is 2. The Morgan fingerprint density at radius 1 is 0.700 bits per heavy atom. The number of hydrogen-bond donors (Lipinski definition) is 2. The standard InChI is InChI=1S/2C11H14F2NO2S.C5H5.Ti/c2*1-2-17(15,16)14-7-3-4-9-5-6-10(12)8-11(9)13;1-2-4-5-3-1;/h2*5-6,14H,2-4,7H2,1H3;1-5H;/q3*-1;+3. The summed E-state index contributed by atoms with van der Waals surface area (Å²) in [5, 5.41) is 0. The molecule has 0 aliphatic rings. The van der Waals surface area contributed by atoms with Crippen molar-refractivity contribution in [2.24, 2.45) is 0 Å². The van der Waals surface area contributed by atoms with Gasteiger partial charge >= 0.3 is 21.7 Å². The van der Waals surface area contributed by atoms with Gasteiger partial charge in [0.15, 0.2) is 0 Å². The molecule has 219 valence electrons. The van der Waals surface area contributed by atoms with Crippen molar-refractivity contribution < 1.29 is 56.1 Å². The number of benzene rings is 2. The zero-order valence-electron chi connectivity index (χ0n) is 22.3. The maximum Gasteiger partial charge on any atom is 3.00 e. The van der Waals surface area contributed by atoms with E-state index in [1.165, 1.54) is 26.0 Å². The maximum absolute atomic E-state index is 13.1. The average molecular weight is 638 g/mol. The summed E-state index contributed by atoms with van der Waals surface area (Å²) >= 11 is 0. The van der Waals surface area contributed by atoms with Gasteiger partial charge in [0.2, 0.25) is 20.0 Å². The van der Waals surface area contributed by atoms with Crippen LogP contribution < -0.4 is 9.44 Å². The van der Waals surface area contributed by atoms with Crippen LogP contribution in [0.2, 0.25) is 0 Å². The van der Waals surface area contributed by atoms with Crippen LogP contribution in [0.1, 0.15) is 37.8 Å².